The SMILES string of the molecule is O=C(O)CC(NC(=O)Cc1[nH]nc2ccccc12)c1ccc(F)cc1. The molecule has 3 aromatic rings. The molecule has 0 aliphatic rings. The molecule has 1 unspecified atom stereocenters. The predicted molar refractivity (Wildman–Crippen MR) is 89.3 cm³/mol. The van der Waals surface area contributed by atoms with Gasteiger partial charge in [-0.25, -0.2) is 4.39 Å². The first-order valence-corrected chi connectivity index (χ1v) is 7.71. The van der Waals surface area contributed by atoms with E-state index in [1.54, 1.807) is 0 Å². The summed E-state index contributed by atoms with van der Waals surface area (Å²) >= 11 is 0. The number of aromatic nitrogens is 2. The van der Waals surface area contributed by atoms with Crippen LogP contribution in [0.3, 0.4) is 0 Å². The highest BCUT2D eigenvalue weighted by atomic mass is 19.1. The highest BCUT2D eigenvalue weighted by molar-refractivity contribution is 5.87. The summed E-state index contributed by atoms with van der Waals surface area (Å²) in [6, 6.07) is 12.1. The van der Waals surface area contributed by atoms with E-state index in [1.165, 1.54) is 24.3 Å². The van der Waals surface area contributed by atoms with Crippen molar-refractivity contribution in [2.75, 3.05) is 0 Å². The van der Waals surface area contributed by atoms with Crippen LogP contribution in [-0.2, 0) is 16.0 Å². The Balaban J connectivity index is 1.75. The zero-order valence-corrected chi connectivity index (χ0v) is 13.2. The maximum absolute atomic E-state index is 13.1. The van der Waals surface area contributed by atoms with Crippen molar-refractivity contribution >= 4 is 22.8 Å². The van der Waals surface area contributed by atoms with Gasteiger partial charge in [0.2, 0.25) is 5.91 Å². The van der Waals surface area contributed by atoms with Crippen LogP contribution in [0, 0.1) is 5.82 Å². The third-order valence-corrected chi connectivity index (χ3v) is 3.86. The summed E-state index contributed by atoms with van der Waals surface area (Å²) in [7, 11) is 0. The van der Waals surface area contributed by atoms with Gasteiger partial charge in [0.1, 0.15) is 5.82 Å². The number of nitrogens with zero attached hydrogens (tertiary/aromatic N) is 1. The quantitative estimate of drug-likeness (QED) is 0.642. The van der Waals surface area contributed by atoms with Crippen LogP contribution in [0.25, 0.3) is 10.9 Å². The summed E-state index contributed by atoms with van der Waals surface area (Å²) in [6.45, 7) is 0. The summed E-state index contributed by atoms with van der Waals surface area (Å²) in [5, 5.41) is 19.6. The van der Waals surface area contributed by atoms with Crippen LogP contribution in [0.4, 0.5) is 4.39 Å². The molecule has 0 saturated heterocycles. The van der Waals surface area contributed by atoms with Gasteiger partial charge in [-0.1, -0.05) is 30.3 Å². The van der Waals surface area contributed by atoms with E-state index in [4.69, 9.17) is 5.11 Å². The number of aliphatic carboxylic acids is 1. The lowest BCUT2D eigenvalue weighted by Gasteiger charge is -2.17. The normalized spacial score (nSPS) is 12.0. The van der Waals surface area contributed by atoms with Crippen LogP contribution >= 0.6 is 0 Å². The highest BCUT2D eigenvalue weighted by Crippen LogP contribution is 2.19. The lowest BCUT2D eigenvalue weighted by molar-refractivity contribution is -0.137. The van der Waals surface area contributed by atoms with Crippen molar-refractivity contribution in [2.45, 2.75) is 18.9 Å². The van der Waals surface area contributed by atoms with E-state index in [1.807, 2.05) is 24.3 Å². The van der Waals surface area contributed by atoms with Crippen LogP contribution in [0.5, 0.6) is 0 Å². The second-order valence-electron chi connectivity index (χ2n) is 5.67. The molecule has 25 heavy (non-hydrogen) atoms. The molecular formula is C18H16FN3O3. The third kappa shape index (κ3) is 4.00. The number of hydrogen-bond acceptors (Lipinski definition) is 3. The minimum atomic E-state index is -1.05. The number of para-hydroxylation sites is 1. The number of carboxylic acid groups (broad SMARTS) is 1. The van der Waals surface area contributed by atoms with Gasteiger partial charge in [0.15, 0.2) is 0 Å². The van der Waals surface area contributed by atoms with Crippen LogP contribution in [0.1, 0.15) is 23.7 Å². The molecule has 3 rings (SSSR count). The van der Waals surface area contributed by atoms with E-state index >= 15 is 0 Å². The Morgan fingerprint density at radius 3 is 2.60 bits per heavy atom. The topological polar surface area (TPSA) is 95.1 Å². The van der Waals surface area contributed by atoms with E-state index in [0.29, 0.717) is 11.3 Å². The van der Waals surface area contributed by atoms with Crippen molar-refractivity contribution in [1.29, 1.82) is 0 Å². The number of fused-ring (bicyclic) bond motifs is 1. The molecule has 3 N–H and O–H groups in total. The van der Waals surface area contributed by atoms with Crippen molar-refractivity contribution < 1.29 is 19.1 Å². The van der Waals surface area contributed by atoms with Gasteiger partial charge in [-0.3, -0.25) is 14.7 Å². The zero-order chi connectivity index (χ0) is 17.8. The number of aromatic amines is 1. The van der Waals surface area contributed by atoms with Crippen molar-refractivity contribution in [3.8, 4) is 0 Å². The van der Waals surface area contributed by atoms with Crippen molar-refractivity contribution in [3.05, 3.63) is 65.6 Å². The van der Waals surface area contributed by atoms with Gasteiger partial charge in [0, 0.05) is 5.39 Å². The molecule has 1 aromatic heterocycles. The van der Waals surface area contributed by atoms with Gasteiger partial charge in [0.05, 0.1) is 30.1 Å². The second kappa shape index (κ2) is 7.12. The number of hydrogen-bond donors (Lipinski definition) is 3. The van der Waals surface area contributed by atoms with E-state index < -0.39 is 17.8 Å². The van der Waals surface area contributed by atoms with E-state index in [0.717, 1.165) is 10.9 Å². The standard InChI is InChI=1S/C18H16FN3O3/c19-12-7-5-11(6-8-12)15(10-18(24)25)20-17(23)9-16-13-3-1-2-4-14(13)21-22-16/h1-8,15H,9-10H2,(H,20,23)(H,21,22)(H,24,25). The molecule has 0 aliphatic carbocycles. The molecule has 6 nitrogen and oxygen atoms in total. The average Bonchev–Trinajstić information content (AvgIpc) is 2.98. The summed E-state index contributed by atoms with van der Waals surface area (Å²) < 4.78 is 13.1. The number of carboxylic acids is 1. The Morgan fingerprint density at radius 1 is 1.16 bits per heavy atom. The monoisotopic (exact) mass is 341 g/mol. The van der Waals surface area contributed by atoms with Gasteiger partial charge in [-0.2, -0.15) is 5.10 Å². The van der Waals surface area contributed by atoms with Crippen molar-refractivity contribution in [2.24, 2.45) is 0 Å². The minimum absolute atomic E-state index is 0.0395. The molecule has 0 bridgehead atoms. The molecule has 1 heterocycles. The van der Waals surface area contributed by atoms with Crippen LogP contribution in [0.2, 0.25) is 0 Å². The first-order chi connectivity index (χ1) is 12.0. The van der Waals surface area contributed by atoms with Gasteiger partial charge in [-0.15, -0.1) is 0 Å². The smallest absolute Gasteiger partial charge is 0.305 e. The van der Waals surface area contributed by atoms with Crippen LogP contribution in [-0.4, -0.2) is 27.2 Å². The Hall–Kier alpha value is -3.22. The lowest BCUT2D eigenvalue weighted by Crippen LogP contribution is -2.31. The second-order valence-corrected chi connectivity index (χ2v) is 5.67. The summed E-state index contributed by atoms with van der Waals surface area (Å²) in [5.41, 5.74) is 1.94. The first-order valence-electron chi connectivity index (χ1n) is 7.71. The maximum atomic E-state index is 13.1. The Labute approximate surface area is 142 Å². The minimum Gasteiger partial charge on any atom is -0.481 e. The summed E-state index contributed by atoms with van der Waals surface area (Å²) in [5.74, 6) is -1.82. The number of H-pyrrole nitrogens is 1. The number of carbonyl (C=O) groups is 2. The van der Waals surface area contributed by atoms with Crippen LogP contribution < -0.4 is 5.32 Å². The lowest BCUT2D eigenvalue weighted by atomic mass is 10.0. The van der Waals surface area contributed by atoms with Crippen LogP contribution in [0.15, 0.2) is 48.5 Å². The predicted octanol–water partition coefficient (Wildman–Crippen LogP) is 2.58. The van der Waals surface area contributed by atoms with Crippen molar-refractivity contribution in [1.82, 2.24) is 15.5 Å². The van der Waals surface area contributed by atoms with Crippen molar-refractivity contribution in [3.63, 3.8) is 0 Å². The molecule has 128 valence electrons. The molecule has 0 radical (unpaired) electrons. The Bertz CT molecular complexity index is 905. The van der Waals surface area contributed by atoms with Gasteiger partial charge < -0.3 is 10.4 Å². The van der Waals surface area contributed by atoms with Gasteiger partial charge >= 0.3 is 5.97 Å². The summed E-state index contributed by atoms with van der Waals surface area (Å²) in [6.07, 6.45) is -0.251. The summed E-state index contributed by atoms with van der Waals surface area (Å²) in [4.78, 5) is 23.4. The van der Waals surface area contributed by atoms with E-state index in [-0.39, 0.29) is 18.7 Å². The molecule has 7 heteroatoms. The third-order valence-electron chi connectivity index (χ3n) is 3.86. The molecule has 0 aliphatic heterocycles. The first kappa shape index (κ1) is 16.6. The van der Waals surface area contributed by atoms with E-state index in [2.05, 4.69) is 15.5 Å². The number of benzene rings is 2. The maximum Gasteiger partial charge on any atom is 0.305 e. The molecule has 1 atom stereocenters. The molecule has 0 spiro atoms. The molecule has 0 fully saturated rings. The number of halogens is 1. The fraction of sp³-hybridized carbons (Fsp3) is 0.167. The average molecular weight is 341 g/mol. The number of carbonyl (C=O) groups excluding carboxylic acids is 1. The highest BCUT2D eigenvalue weighted by Gasteiger charge is 2.19. The number of amides is 1. The van der Waals surface area contributed by atoms with Gasteiger partial charge in [-0.05, 0) is 23.8 Å². The molecule has 0 saturated carbocycles. The molecular weight excluding hydrogens is 325 g/mol. The Morgan fingerprint density at radius 2 is 1.88 bits per heavy atom. The Kier molecular flexibility index (Phi) is 4.74. The fourth-order valence-electron chi connectivity index (χ4n) is 2.68. The number of nitrogens with one attached hydrogen (secondary N) is 2. The molecule has 1 amide bonds. The van der Waals surface area contributed by atoms with Gasteiger partial charge in [0.25, 0.3) is 0 Å². The van der Waals surface area contributed by atoms with E-state index in [9.17, 15) is 14.0 Å². The number of rotatable bonds is 6. The molecule has 2 aromatic carbocycles. The zero-order valence-electron chi connectivity index (χ0n) is 13.2. The largest absolute Gasteiger partial charge is 0.481 e. The fourth-order valence-corrected chi connectivity index (χ4v) is 2.68.